The first-order valence-electron chi connectivity index (χ1n) is 7.54. The first-order chi connectivity index (χ1) is 11.8. The standard InChI is InChI=1S/C17H16F2N2O4/c1-10-6-7-13(24-10)17(2)14(22)21(16(23)20-17)9-11-4-3-5-12(8-11)25-15(18)19/h3-8,15H,9H2,1-2H3,(H,20,23)/t17-/m0/s1. The molecular weight excluding hydrogens is 334 g/mol. The fourth-order valence-corrected chi connectivity index (χ4v) is 2.71. The number of carbonyl (C=O) groups is 2. The fourth-order valence-electron chi connectivity index (χ4n) is 2.71. The third kappa shape index (κ3) is 3.19. The Hall–Kier alpha value is -2.90. The summed E-state index contributed by atoms with van der Waals surface area (Å²) < 4.78 is 34.4. The summed E-state index contributed by atoms with van der Waals surface area (Å²) in [6.45, 7) is 0.278. The van der Waals surface area contributed by atoms with Crippen LogP contribution < -0.4 is 10.1 Å². The van der Waals surface area contributed by atoms with Gasteiger partial charge >= 0.3 is 12.6 Å². The van der Waals surface area contributed by atoms with Gasteiger partial charge in [-0.05, 0) is 43.7 Å². The second-order valence-electron chi connectivity index (χ2n) is 5.88. The van der Waals surface area contributed by atoms with E-state index in [1.807, 2.05) is 0 Å². The summed E-state index contributed by atoms with van der Waals surface area (Å²) in [7, 11) is 0. The quantitative estimate of drug-likeness (QED) is 0.841. The summed E-state index contributed by atoms with van der Waals surface area (Å²) in [4.78, 5) is 26.0. The lowest BCUT2D eigenvalue weighted by Gasteiger charge is -2.19. The number of hydrogen-bond acceptors (Lipinski definition) is 4. The number of benzene rings is 1. The smallest absolute Gasteiger partial charge is 0.387 e. The van der Waals surface area contributed by atoms with Crippen molar-refractivity contribution in [3.63, 3.8) is 0 Å². The number of halogens is 2. The van der Waals surface area contributed by atoms with Crippen molar-refractivity contribution in [2.24, 2.45) is 0 Å². The Morgan fingerprint density at radius 3 is 2.68 bits per heavy atom. The number of nitrogens with one attached hydrogen (secondary N) is 1. The number of urea groups is 1. The highest BCUT2D eigenvalue weighted by Crippen LogP contribution is 2.31. The Bertz CT molecular complexity index is 820. The highest BCUT2D eigenvalue weighted by Gasteiger charge is 2.51. The van der Waals surface area contributed by atoms with Crippen LogP contribution in [0.3, 0.4) is 0 Å². The summed E-state index contributed by atoms with van der Waals surface area (Å²) in [6.07, 6.45) is 0. The van der Waals surface area contributed by atoms with E-state index >= 15 is 0 Å². The molecule has 0 spiro atoms. The van der Waals surface area contributed by atoms with Crippen molar-refractivity contribution in [2.75, 3.05) is 0 Å². The first kappa shape index (κ1) is 16.9. The largest absolute Gasteiger partial charge is 0.463 e. The van der Waals surface area contributed by atoms with Gasteiger partial charge in [0.2, 0.25) is 0 Å². The van der Waals surface area contributed by atoms with Crippen LogP contribution in [-0.4, -0.2) is 23.4 Å². The average Bonchev–Trinajstić information content (AvgIpc) is 3.06. The number of aryl methyl sites for hydroxylation is 1. The molecule has 0 unspecified atom stereocenters. The molecule has 0 radical (unpaired) electrons. The number of furan rings is 1. The highest BCUT2D eigenvalue weighted by atomic mass is 19.3. The van der Waals surface area contributed by atoms with Crippen molar-refractivity contribution in [3.8, 4) is 5.75 Å². The number of alkyl halides is 2. The minimum atomic E-state index is -2.95. The number of hydrogen-bond donors (Lipinski definition) is 1. The van der Waals surface area contributed by atoms with Gasteiger partial charge in [-0.15, -0.1) is 0 Å². The molecule has 1 aliphatic rings. The second kappa shape index (κ2) is 6.19. The van der Waals surface area contributed by atoms with Gasteiger partial charge in [0.1, 0.15) is 17.3 Å². The molecule has 2 heterocycles. The van der Waals surface area contributed by atoms with Crippen LogP contribution in [0.4, 0.5) is 13.6 Å². The van der Waals surface area contributed by atoms with E-state index < -0.39 is 24.1 Å². The zero-order valence-corrected chi connectivity index (χ0v) is 13.6. The predicted octanol–water partition coefficient (Wildman–Crippen LogP) is 3.16. The minimum Gasteiger partial charge on any atom is -0.463 e. The topological polar surface area (TPSA) is 71.8 Å². The van der Waals surface area contributed by atoms with E-state index in [2.05, 4.69) is 10.1 Å². The number of imide groups is 1. The molecule has 1 N–H and O–H groups in total. The minimum absolute atomic E-state index is 0.0380. The Labute approximate surface area is 142 Å². The van der Waals surface area contributed by atoms with E-state index in [-0.39, 0.29) is 12.3 Å². The van der Waals surface area contributed by atoms with Crippen LogP contribution in [0, 0.1) is 6.92 Å². The molecule has 0 aliphatic carbocycles. The normalized spacial score (nSPS) is 20.3. The van der Waals surface area contributed by atoms with E-state index in [1.165, 1.54) is 18.2 Å². The fraction of sp³-hybridized carbons (Fsp3) is 0.294. The SMILES string of the molecule is Cc1ccc([C@]2(C)NC(=O)N(Cc3cccc(OC(F)F)c3)C2=O)o1. The maximum Gasteiger partial charge on any atom is 0.387 e. The Morgan fingerprint density at radius 1 is 1.28 bits per heavy atom. The van der Waals surface area contributed by atoms with Crippen LogP contribution in [0.5, 0.6) is 5.75 Å². The molecule has 1 atom stereocenters. The van der Waals surface area contributed by atoms with Gasteiger partial charge in [0.05, 0.1) is 6.54 Å². The van der Waals surface area contributed by atoms with Crippen molar-refractivity contribution >= 4 is 11.9 Å². The number of amides is 3. The van der Waals surface area contributed by atoms with E-state index in [4.69, 9.17) is 4.42 Å². The van der Waals surface area contributed by atoms with Crippen LogP contribution in [-0.2, 0) is 16.9 Å². The molecular formula is C17H16F2N2O4. The van der Waals surface area contributed by atoms with E-state index in [1.54, 1.807) is 32.0 Å². The summed E-state index contributed by atoms with van der Waals surface area (Å²) >= 11 is 0. The molecule has 1 aliphatic heterocycles. The van der Waals surface area contributed by atoms with Crippen molar-refractivity contribution < 1.29 is 27.5 Å². The molecule has 1 aromatic heterocycles. The van der Waals surface area contributed by atoms with Gasteiger partial charge in [0.15, 0.2) is 5.54 Å². The zero-order valence-electron chi connectivity index (χ0n) is 13.6. The molecule has 1 saturated heterocycles. The van der Waals surface area contributed by atoms with Crippen LogP contribution in [0.1, 0.15) is 24.0 Å². The third-order valence-corrected chi connectivity index (χ3v) is 3.97. The molecule has 25 heavy (non-hydrogen) atoms. The van der Waals surface area contributed by atoms with Crippen molar-refractivity contribution in [3.05, 3.63) is 53.5 Å². The lowest BCUT2D eigenvalue weighted by molar-refractivity contribution is -0.132. The molecule has 2 aromatic rings. The van der Waals surface area contributed by atoms with Crippen LogP contribution in [0.15, 0.2) is 40.8 Å². The Kier molecular flexibility index (Phi) is 4.20. The van der Waals surface area contributed by atoms with E-state index in [9.17, 15) is 18.4 Å². The average molecular weight is 350 g/mol. The molecule has 1 aromatic carbocycles. The van der Waals surface area contributed by atoms with E-state index in [0.29, 0.717) is 17.1 Å². The monoisotopic (exact) mass is 350 g/mol. The highest BCUT2D eigenvalue weighted by molar-refractivity contribution is 6.06. The first-order valence-corrected chi connectivity index (χ1v) is 7.54. The summed E-state index contributed by atoms with van der Waals surface area (Å²) in [5.41, 5.74) is -0.816. The second-order valence-corrected chi connectivity index (χ2v) is 5.88. The lowest BCUT2D eigenvalue weighted by Crippen LogP contribution is -2.40. The molecule has 132 valence electrons. The lowest BCUT2D eigenvalue weighted by atomic mass is 9.99. The van der Waals surface area contributed by atoms with Crippen LogP contribution in [0.25, 0.3) is 0 Å². The molecule has 6 nitrogen and oxygen atoms in total. The van der Waals surface area contributed by atoms with Gasteiger partial charge in [-0.25, -0.2) is 4.79 Å². The molecule has 3 amide bonds. The van der Waals surface area contributed by atoms with Gasteiger partial charge in [-0.1, -0.05) is 12.1 Å². The van der Waals surface area contributed by atoms with E-state index in [0.717, 1.165) is 4.90 Å². The van der Waals surface area contributed by atoms with Crippen molar-refractivity contribution in [2.45, 2.75) is 32.5 Å². The molecule has 1 fully saturated rings. The zero-order chi connectivity index (χ0) is 18.2. The summed E-state index contributed by atoms with van der Waals surface area (Å²) in [5, 5.41) is 2.62. The molecule has 8 heteroatoms. The number of rotatable bonds is 5. The molecule has 0 bridgehead atoms. The van der Waals surface area contributed by atoms with Crippen molar-refractivity contribution in [1.29, 1.82) is 0 Å². The maximum absolute atomic E-state index is 12.7. The maximum atomic E-state index is 12.7. The molecule has 0 saturated carbocycles. The van der Waals surface area contributed by atoms with Gasteiger partial charge in [0, 0.05) is 0 Å². The van der Waals surface area contributed by atoms with Gasteiger partial charge in [-0.3, -0.25) is 9.69 Å². The van der Waals surface area contributed by atoms with Crippen LogP contribution >= 0.6 is 0 Å². The van der Waals surface area contributed by atoms with Crippen LogP contribution in [0.2, 0.25) is 0 Å². The van der Waals surface area contributed by atoms with Gasteiger partial charge < -0.3 is 14.5 Å². The summed E-state index contributed by atoms with van der Waals surface area (Å²) in [6, 6.07) is 8.62. The predicted molar refractivity (Wildman–Crippen MR) is 83.0 cm³/mol. The van der Waals surface area contributed by atoms with Gasteiger partial charge in [-0.2, -0.15) is 8.78 Å². The number of nitrogens with zero attached hydrogens (tertiary/aromatic N) is 1. The third-order valence-electron chi connectivity index (χ3n) is 3.97. The summed E-state index contributed by atoms with van der Waals surface area (Å²) in [5.74, 6) is 0.435. The van der Waals surface area contributed by atoms with Gasteiger partial charge in [0.25, 0.3) is 5.91 Å². The Balaban J connectivity index is 1.82. The van der Waals surface area contributed by atoms with Crippen molar-refractivity contribution in [1.82, 2.24) is 10.2 Å². The number of ether oxygens (including phenoxy) is 1. The number of carbonyl (C=O) groups excluding carboxylic acids is 2. The molecule has 3 rings (SSSR count). The Morgan fingerprint density at radius 2 is 2.04 bits per heavy atom.